The maximum Gasteiger partial charge on any atom is 0.141 e. The van der Waals surface area contributed by atoms with Crippen LogP contribution in [-0.2, 0) is 21.6 Å². The summed E-state index contributed by atoms with van der Waals surface area (Å²) in [5, 5.41) is 3.37. The molecule has 1 saturated heterocycles. The lowest BCUT2D eigenvalue weighted by molar-refractivity contribution is 0.00829. The third-order valence-corrected chi connectivity index (χ3v) is 5.28. The molecule has 138 valence electrons. The van der Waals surface area contributed by atoms with Crippen molar-refractivity contribution >= 4 is 16.7 Å². The Morgan fingerprint density at radius 1 is 1.32 bits per heavy atom. The van der Waals surface area contributed by atoms with Gasteiger partial charge >= 0.3 is 0 Å². The van der Waals surface area contributed by atoms with Gasteiger partial charge < -0.3 is 19.4 Å². The van der Waals surface area contributed by atoms with Crippen LogP contribution in [0.3, 0.4) is 0 Å². The van der Waals surface area contributed by atoms with E-state index in [-0.39, 0.29) is 0 Å². The fourth-order valence-corrected chi connectivity index (χ4v) is 3.57. The number of nitrogens with zero attached hydrogens (tertiary/aromatic N) is 2. The average Bonchev–Trinajstić information content (AvgIpc) is 3.00. The fourth-order valence-electron chi connectivity index (χ4n) is 3.57. The molecule has 1 fully saturated rings. The third kappa shape index (κ3) is 3.98. The van der Waals surface area contributed by atoms with E-state index in [1.165, 1.54) is 18.4 Å². The lowest BCUT2D eigenvalue weighted by Crippen LogP contribution is -2.26. The van der Waals surface area contributed by atoms with Crippen molar-refractivity contribution in [3.05, 3.63) is 24.0 Å². The van der Waals surface area contributed by atoms with Crippen molar-refractivity contribution < 1.29 is 9.47 Å². The molecule has 0 aliphatic carbocycles. The fraction of sp³-hybridized carbons (Fsp3) is 0.650. The van der Waals surface area contributed by atoms with Crippen molar-refractivity contribution in [1.82, 2.24) is 9.55 Å². The molecule has 0 bridgehead atoms. The number of imidazole rings is 1. The summed E-state index contributed by atoms with van der Waals surface area (Å²) in [5.74, 6) is 1.75. The number of hydrogen-bond donors (Lipinski definition) is 1. The molecule has 0 atom stereocenters. The first-order valence-corrected chi connectivity index (χ1v) is 9.42. The topological polar surface area (TPSA) is 48.3 Å². The summed E-state index contributed by atoms with van der Waals surface area (Å²) in [7, 11) is 1.76. The standard InChI is InChI=1S/C20H31N3O2/c1-5-21-16-6-7-18-17(14-16)22-19(20(2,3)24-4)23(18)11-8-15-9-12-25-13-10-15/h6-7,14-15,21H,5,8-13H2,1-4H3. The van der Waals surface area contributed by atoms with Crippen molar-refractivity contribution in [2.24, 2.45) is 5.92 Å². The van der Waals surface area contributed by atoms with Gasteiger partial charge in [0.1, 0.15) is 11.4 Å². The van der Waals surface area contributed by atoms with Gasteiger partial charge in [-0.15, -0.1) is 0 Å². The van der Waals surface area contributed by atoms with Crippen molar-refractivity contribution in [3.8, 4) is 0 Å². The zero-order chi connectivity index (χ0) is 17.9. The van der Waals surface area contributed by atoms with Gasteiger partial charge in [0.25, 0.3) is 0 Å². The van der Waals surface area contributed by atoms with E-state index in [0.717, 1.165) is 55.7 Å². The molecule has 1 aromatic carbocycles. The second-order valence-electron chi connectivity index (χ2n) is 7.38. The molecule has 0 radical (unpaired) electrons. The molecule has 25 heavy (non-hydrogen) atoms. The Balaban J connectivity index is 1.93. The number of anilines is 1. The maximum absolute atomic E-state index is 5.74. The van der Waals surface area contributed by atoms with Crippen molar-refractivity contribution in [1.29, 1.82) is 0 Å². The normalized spacial score (nSPS) is 16.5. The second kappa shape index (κ2) is 7.75. The lowest BCUT2D eigenvalue weighted by Gasteiger charge is -2.26. The number of methoxy groups -OCH3 is 1. The number of aryl methyl sites for hydroxylation is 1. The summed E-state index contributed by atoms with van der Waals surface area (Å²) >= 11 is 0. The molecular formula is C20H31N3O2. The maximum atomic E-state index is 5.74. The van der Waals surface area contributed by atoms with E-state index >= 15 is 0 Å². The molecule has 2 heterocycles. The van der Waals surface area contributed by atoms with Gasteiger partial charge in [0, 0.05) is 39.1 Å². The Morgan fingerprint density at radius 2 is 2.08 bits per heavy atom. The second-order valence-corrected chi connectivity index (χ2v) is 7.38. The van der Waals surface area contributed by atoms with Gasteiger partial charge in [-0.25, -0.2) is 4.98 Å². The Hall–Kier alpha value is -1.59. The highest BCUT2D eigenvalue weighted by Crippen LogP contribution is 2.30. The van der Waals surface area contributed by atoms with Crippen LogP contribution in [-0.4, -0.2) is 36.4 Å². The predicted molar refractivity (Wildman–Crippen MR) is 102 cm³/mol. The van der Waals surface area contributed by atoms with Crippen LogP contribution in [0.5, 0.6) is 0 Å². The number of ether oxygens (including phenoxy) is 2. The van der Waals surface area contributed by atoms with Crippen LogP contribution in [0, 0.1) is 5.92 Å². The molecule has 0 saturated carbocycles. The smallest absolute Gasteiger partial charge is 0.141 e. The quantitative estimate of drug-likeness (QED) is 0.818. The Morgan fingerprint density at radius 3 is 2.76 bits per heavy atom. The first-order valence-electron chi connectivity index (χ1n) is 9.42. The molecule has 0 spiro atoms. The SMILES string of the molecule is CCNc1ccc2c(c1)nc(C(C)(C)OC)n2CCC1CCOCC1. The molecule has 1 aliphatic rings. The summed E-state index contributed by atoms with van der Waals surface area (Å²) in [4.78, 5) is 4.94. The summed E-state index contributed by atoms with van der Waals surface area (Å²) < 4.78 is 13.6. The van der Waals surface area contributed by atoms with E-state index in [9.17, 15) is 0 Å². The molecule has 1 N–H and O–H groups in total. The van der Waals surface area contributed by atoms with Crippen molar-refractivity contribution in [2.45, 2.75) is 52.2 Å². The minimum Gasteiger partial charge on any atom is -0.385 e. The molecule has 3 rings (SSSR count). The first kappa shape index (κ1) is 18.2. The summed E-state index contributed by atoms with van der Waals surface area (Å²) in [6.45, 7) is 9.97. The van der Waals surface area contributed by atoms with E-state index in [4.69, 9.17) is 14.5 Å². The minimum atomic E-state index is -0.410. The highest BCUT2D eigenvalue weighted by molar-refractivity contribution is 5.80. The molecular weight excluding hydrogens is 314 g/mol. The predicted octanol–water partition coefficient (Wildman–Crippen LogP) is 4.17. The zero-order valence-corrected chi connectivity index (χ0v) is 16.0. The minimum absolute atomic E-state index is 0.410. The van der Waals surface area contributed by atoms with Crippen LogP contribution in [0.1, 0.15) is 45.9 Å². The number of rotatable bonds is 7. The van der Waals surface area contributed by atoms with E-state index in [1.54, 1.807) is 7.11 Å². The molecule has 5 heteroatoms. The van der Waals surface area contributed by atoms with E-state index in [2.05, 4.69) is 48.9 Å². The van der Waals surface area contributed by atoms with Crippen LogP contribution >= 0.6 is 0 Å². The Labute approximate surface area is 150 Å². The van der Waals surface area contributed by atoms with Crippen molar-refractivity contribution in [2.75, 3.05) is 32.2 Å². The van der Waals surface area contributed by atoms with E-state index in [1.807, 2.05) is 0 Å². The van der Waals surface area contributed by atoms with Crippen LogP contribution in [0.15, 0.2) is 18.2 Å². The van der Waals surface area contributed by atoms with Crippen molar-refractivity contribution in [3.63, 3.8) is 0 Å². The monoisotopic (exact) mass is 345 g/mol. The van der Waals surface area contributed by atoms with Gasteiger partial charge in [0.05, 0.1) is 11.0 Å². The van der Waals surface area contributed by atoms with Crippen LogP contribution in [0.4, 0.5) is 5.69 Å². The molecule has 0 unspecified atom stereocenters. The number of nitrogens with one attached hydrogen (secondary N) is 1. The van der Waals surface area contributed by atoms with E-state index in [0.29, 0.717) is 0 Å². The Bertz CT molecular complexity index is 702. The number of hydrogen-bond acceptors (Lipinski definition) is 4. The molecule has 2 aromatic rings. The summed E-state index contributed by atoms with van der Waals surface area (Å²) in [6, 6.07) is 6.46. The van der Waals surface area contributed by atoms with Gasteiger partial charge in [-0.2, -0.15) is 0 Å². The van der Waals surface area contributed by atoms with Gasteiger partial charge in [0.15, 0.2) is 0 Å². The summed E-state index contributed by atoms with van der Waals surface area (Å²) in [6.07, 6.45) is 3.50. The van der Waals surface area contributed by atoms with Gasteiger partial charge in [0.2, 0.25) is 0 Å². The lowest BCUT2D eigenvalue weighted by atomic mass is 9.96. The van der Waals surface area contributed by atoms with Crippen LogP contribution in [0.2, 0.25) is 0 Å². The average molecular weight is 345 g/mol. The Kier molecular flexibility index (Phi) is 5.64. The highest BCUT2D eigenvalue weighted by atomic mass is 16.5. The van der Waals surface area contributed by atoms with Gasteiger partial charge in [-0.3, -0.25) is 0 Å². The third-order valence-electron chi connectivity index (χ3n) is 5.28. The van der Waals surface area contributed by atoms with E-state index < -0.39 is 5.60 Å². The largest absolute Gasteiger partial charge is 0.385 e. The number of benzene rings is 1. The first-order chi connectivity index (χ1) is 12.0. The number of aromatic nitrogens is 2. The summed E-state index contributed by atoms with van der Waals surface area (Å²) in [5.41, 5.74) is 2.93. The van der Waals surface area contributed by atoms with Crippen LogP contribution in [0.25, 0.3) is 11.0 Å². The zero-order valence-electron chi connectivity index (χ0n) is 16.0. The number of fused-ring (bicyclic) bond motifs is 1. The molecule has 1 aliphatic heterocycles. The van der Waals surface area contributed by atoms with Gasteiger partial charge in [-0.1, -0.05) is 0 Å². The van der Waals surface area contributed by atoms with Crippen LogP contribution < -0.4 is 5.32 Å². The molecule has 5 nitrogen and oxygen atoms in total. The molecule has 1 aromatic heterocycles. The van der Waals surface area contributed by atoms with Gasteiger partial charge in [-0.05, 0) is 64.2 Å². The molecule has 0 amide bonds. The highest BCUT2D eigenvalue weighted by Gasteiger charge is 2.28.